The van der Waals surface area contributed by atoms with E-state index >= 15 is 0 Å². The summed E-state index contributed by atoms with van der Waals surface area (Å²) in [7, 11) is 0. The summed E-state index contributed by atoms with van der Waals surface area (Å²) in [6.45, 7) is -0.420. The first-order chi connectivity index (χ1) is 9.70. The lowest BCUT2D eigenvalue weighted by Gasteiger charge is -2.17. The van der Waals surface area contributed by atoms with E-state index in [1.54, 1.807) is 12.1 Å². The van der Waals surface area contributed by atoms with Crippen molar-refractivity contribution in [2.75, 3.05) is 6.61 Å². The number of nitrogens with zero attached hydrogens (tertiary/aromatic N) is 2. The van der Waals surface area contributed by atoms with Crippen LogP contribution >= 0.6 is 0 Å². The van der Waals surface area contributed by atoms with Gasteiger partial charge in [-0.1, -0.05) is 16.6 Å². The van der Waals surface area contributed by atoms with Crippen molar-refractivity contribution in [3.63, 3.8) is 0 Å². The predicted molar refractivity (Wildman–Crippen MR) is 68.8 cm³/mol. The lowest BCUT2D eigenvalue weighted by Crippen LogP contribution is -2.24. The zero-order chi connectivity index (χ0) is 14.1. The highest BCUT2D eigenvalue weighted by Gasteiger charge is 2.43. The molecule has 20 heavy (non-hydrogen) atoms. The normalized spacial score (nSPS) is 22.1. The monoisotopic (exact) mass is 276 g/mol. The van der Waals surface area contributed by atoms with Crippen molar-refractivity contribution in [1.82, 2.24) is 9.69 Å². The lowest BCUT2D eigenvalue weighted by atomic mass is 10.0. The number of carbonyl (C=O) groups is 1. The van der Waals surface area contributed by atoms with Gasteiger partial charge in [-0.2, -0.15) is 0 Å². The summed E-state index contributed by atoms with van der Waals surface area (Å²) in [5.74, 6) is 0. The molecule has 0 bridgehead atoms. The molecule has 6 heteroatoms. The number of hydrogen-bond donors (Lipinski definition) is 1. The van der Waals surface area contributed by atoms with E-state index in [4.69, 9.17) is 9.84 Å². The molecule has 0 spiro atoms. The highest BCUT2D eigenvalue weighted by atomic mass is 19.2. The first kappa shape index (κ1) is 12.7. The molecular formula is C14H13FN2O3. The van der Waals surface area contributed by atoms with Gasteiger partial charge in [-0.25, -0.2) is 4.79 Å². The molecule has 1 amide bonds. The molecule has 2 heterocycles. The Morgan fingerprint density at radius 2 is 1.85 bits per heavy atom. The van der Waals surface area contributed by atoms with Gasteiger partial charge in [0, 0.05) is 18.1 Å². The summed E-state index contributed by atoms with van der Waals surface area (Å²) in [6.07, 6.45) is 1.85. The molecule has 1 aromatic carbocycles. The van der Waals surface area contributed by atoms with Gasteiger partial charge in [-0.05, 0) is 29.8 Å². The van der Waals surface area contributed by atoms with Crippen molar-refractivity contribution < 1.29 is 19.1 Å². The number of halogens is 1. The van der Waals surface area contributed by atoms with Gasteiger partial charge >= 0.3 is 6.09 Å². The third-order valence-corrected chi connectivity index (χ3v) is 3.34. The Labute approximate surface area is 114 Å². The van der Waals surface area contributed by atoms with E-state index in [1.807, 2.05) is 41.2 Å². The molecule has 1 aliphatic rings. The SMILES string of the molecule is O=C1OC(CO)C(c2ccc(-n3cccc3)cc2)N1F. The van der Waals surface area contributed by atoms with Crippen LogP contribution in [0.15, 0.2) is 48.8 Å². The minimum Gasteiger partial charge on any atom is -0.439 e. The van der Waals surface area contributed by atoms with Crippen LogP contribution in [0.5, 0.6) is 0 Å². The molecule has 1 N–H and O–H groups in total. The Morgan fingerprint density at radius 3 is 2.45 bits per heavy atom. The van der Waals surface area contributed by atoms with Crippen molar-refractivity contribution >= 4 is 6.09 Å². The fourth-order valence-electron chi connectivity index (χ4n) is 2.34. The van der Waals surface area contributed by atoms with Gasteiger partial charge in [0.05, 0.1) is 6.61 Å². The molecule has 1 aromatic heterocycles. The smallest absolute Gasteiger partial charge is 0.439 e. The van der Waals surface area contributed by atoms with Crippen LogP contribution in [0.25, 0.3) is 5.69 Å². The topological polar surface area (TPSA) is 54.7 Å². The zero-order valence-corrected chi connectivity index (χ0v) is 10.5. The molecule has 0 saturated carbocycles. The van der Waals surface area contributed by atoms with Gasteiger partial charge in [0.1, 0.15) is 6.04 Å². The number of benzene rings is 1. The second-order valence-corrected chi connectivity index (χ2v) is 4.54. The Hall–Kier alpha value is -2.34. The van der Waals surface area contributed by atoms with E-state index < -0.39 is 24.8 Å². The van der Waals surface area contributed by atoms with Gasteiger partial charge in [0.2, 0.25) is 0 Å². The third kappa shape index (κ3) is 2.04. The van der Waals surface area contributed by atoms with Crippen LogP contribution in [-0.4, -0.2) is 33.6 Å². The molecule has 104 valence electrons. The van der Waals surface area contributed by atoms with Crippen LogP contribution in [0, 0.1) is 0 Å². The maximum Gasteiger partial charge on any atom is 0.439 e. The van der Waals surface area contributed by atoms with Crippen LogP contribution in [0.1, 0.15) is 11.6 Å². The van der Waals surface area contributed by atoms with E-state index in [1.165, 1.54) is 0 Å². The Morgan fingerprint density at radius 1 is 1.20 bits per heavy atom. The van der Waals surface area contributed by atoms with Crippen LogP contribution in [0.2, 0.25) is 0 Å². The van der Waals surface area contributed by atoms with Crippen molar-refractivity contribution in [3.05, 3.63) is 54.4 Å². The van der Waals surface area contributed by atoms with Crippen LogP contribution in [0.4, 0.5) is 9.28 Å². The molecule has 2 atom stereocenters. The summed E-state index contributed by atoms with van der Waals surface area (Å²) in [5.41, 5.74) is 1.50. The Bertz CT molecular complexity index is 597. The predicted octanol–water partition coefficient (Wildman–Crippen LogP) is 2.22. The van der Waals surface area contributed by atoms with Gasteiger partial charge in [-0.3, -0.25) is 0 Å². The van der Waals surface area contributed by atoms with Gasteiger partial charge in [0.25, 0.3) is 0 Å². The summed E-state index contributed by atoms with van der Waals surface area (Å²) < 4.78 is 20.4. The van der Waals surface area contributed by atoms with E-state index in [2.05, 4.69) is 0 Å². The van der Waals surface area contributed by atoms with Gasteiger partial charge < -0.3 is 14.4 Å². The zero-order valence-electron chi connectivity index (χ0n) is 10.5. The number of aliphatic hydroxyl groups excluding tert-OH is 1. The van der Waals surface area contributed by atoms with Gasteiger partial charge in [-0.15, -0.1) is 5.12 Å². The molecular weight excluding hydrogens is 263 g/mol. The quantitative estimate of drug-likeness (QED) is 0.874. The van der Waals surface area contributed by atoms with Crippen molar-refractivity contribution in [1.29, 1.82) is 0 Å². The van der Waals surface area contributed by atoms with E-state index in [9.17, 15) is 9.28 Å². The highest BCUT2D eigenvalue weighted by Crippen LogP contribution is 2.33. The molecule has 1 saturated heterocycles. The molecule has 3 rings (SSSR count). The minimum atomic E-state index is -1.07. The number of aliphatic hydroxyl groups is 1. The van der Waals surface area contributed by atoms with Crippen LogP contribution in [0.3, 0.4) is 0 Å². The lowest BCUT2D eigenvalue weighted by molar-refractivity contribution is 0.0388. The summed E-state index contributed by atoms with van der Waals surface area (Å²) in [5, 5.41) is 9.18. The molecule has 1 aliphatic heterocycles. The van der Waals surface area contributed by atoms with Gasteiger partial charge in [0.15, 0.2) is 6.10 Å². The number of amides is 1. The largest absolute Gasteiger partial charge is 0.439 e. The second kappa shape index (κ2) is 4.97. The maximum absolute atomic E-state index is 13.7. The van der Waals surface area contributed by atoms with E-state index in [0.29, 0.717) is 5.56 Å². The van der Waals surface area contributed by atoms with E-state index in [-0.39, 0.29) is 5.12 Å². The first-order valence-corrected chi connectivity index (χ1v) is 6.20. The highest BCUT2D eigenvalue weighted by molar-refractivity contribution is 5.69. The first-order valence-electron chi connectivity index (χ1n) is 6.20. The summed E-state index contributed by atoms with van der Waals surface area (Å²) in [6, 6.07) is 9.98. The number of hydrogen-bond acceptors (Lipinski definition) is 3. The van der Waals surface area contributed by atoms with Crippen molar-refractivity contribution in [2.45, 2.75) is 12.1 Å². The number of ether oxygens (including phenoxy) is 1. The molecule has 2 unspecified atom stereocenters. The Balaban J connectivity index is 1.89. The minimum absolute atomic E-state index is 0.0194. The number of rotatable bonds is 3. The number of carbonyl (C=O) groups excluding carboxylic acids is 1. The number of cyclic esters (lactones) is 1. The maximum atomic E-state index is 13.7. The molecule has 1 fully saturated rings. The van der Waals surface area contributed by atoms with Crippen LogP contribution in [-0.2, 0) is 4.74 Å². The number of aromatic nitrogens is 1. The van der Waals surface area contributed by atoms with E-state index in [0.717, 1.165) is 5.69 Å². The fourth-order valence-corrected chi connectivity index (χ4v) is 2.34. The Kier molecular flexibility index (Phi) is 3.15. The fraction of sp³-hybridized carbons (Fsp3) is 0.214. The average Bonchev–Trinajstić information content (AvgIpc) is 3.09. The average molecular weight is 276 g/mol. The molecule has 0 radical (unpaired) electrons. The van der Waals surface area contributed by atoms with Crippen molar-refractivity contribution in [3.8, 4) is 5.69 Å². The molecule has 2 aromatic rings. The second-order valence-electron chi connectivity index (χ2n) is 4.54. The summed E-state index contributed by atoms with van der Waals surface area (Å²) >= 11 is 0. The third-order valence-electron chi connectivity index (χ3n) is 3.34. The summed E-state index contributed by atoms with van der Waals surface area (Å²) in [4.78, 5) is 11.2. The molecule has 5 nitrogen and oxygen atoms in total. The molecule has 0 aliphatic carbocycles. The van der Waals surface area contributed by atoms with Crippen molar-refractivity contribution in [2.24, 2.45) is 0 Å². The standard InChI is InChI=1S/C14H13FN2O3/c15-17-13(12(9-18)20-14(17)19)10-3-5-11(6-4-10)16-7-1-2-8-16/h1-8,12-13,18H,9H2. The van der Waals surface area contributed by atoms with Crippen LogP contribution < -0.4 is 0 Å².